The molecule has 0 aromatic heterocycles. The lowest BCUT2D eigenvalue weighted by Crippen LogP contribution is -2.59. The van der Waals surface area contributed by atoms with Crippen LogP contribution in [0.3, 0.4) is 0 Å². The van der Waals surface area contributed by atoms with E-state index in [4.69, 9.17) is 5.73 Å². The molecule has 2 fully saturated rings. The standard InChI is InChI=1S/C17H33N3OS/c1-22-13-8-15(18)16(21)19-14-17(9-4-2-5-10-17)20-11-6-3-7-12-20/h15H,2-14,18H2,1H3,(H,19,21)/t15-/m0/s1. The molecule has 128 valence electrons. The molecule has 0 aromatic carbocycles. The first kappa shape index (κ1) is 18.1. The van der Waals surface area contributed by atoms with Crippen LogP contribution in [0.15, 0.2) is 0 Å². The Morgan fingerprint density at radius 3 is 2.45 bits per heavy atom. The molecule has 0 aromatic rings. The number of hydrogen-bond acceptors (Lipinski definition) is 4. The number of rotatable bonds is 7. The van der Waals surface area contributed by atoms with Crippen molar-refractivity contribution in [3.05, 3.63) is 0 Å². The van der Waals surface area contributed by atoms with Crippen LogP contribution in [0.25, 0.3) is 0 Å². The number of amides is 1. The molecule has 4 nitrogen and oxygen atoms in total. The molecule has 3 N–H and O–H groups in total. The smallest absolute Gasteiger partial charge is 0.237 e. The summed E-state index contributed by atoms with van der Waals surface area (Å²) in [5.74, 6) is 0.988. The summed E-state index contributed by atoms with van der Waals surface area (Å²) < 4.78 is 0. The zero-order chi connectivity index (χ0) is 15.8. The van der Waals surface area contributed by atoms with Crippen molar-refractivity contribution < 1.29 is 4.79 Å². The minimum Gasteiger partial charge on any atom is -0.353 e. The second kappa shape index (κ2) is 9.14. The van der Waals surface area contributed by atoms with Crippen LogP contribution >= 0.6 is 11.8 Å². The number of nitrogens with zero attached hydrogens (tertiary/aromatic N) is 1. The van der Waals surface area contributed by atoms with Gasteiger partial charge in [-0.25, -0.2) is 0 Å². The molecule has 2 rings (SSSR count). The van der Waals surface area contributed by atoms with Gasteiger partial charge in [-0.15, -0.1) is 0 Å². The van der Waals surface area contributed by atoms with Gasteiger partial charge < -0.3 is 11.1 Å². The molecule has 1 heterocycles. The minimum atomic E-state index is -0.352. The number of piperidine rings is 1. The molecule has 1 saturated carbocycles. The van der Waals surface area contributed by atoms with Gasteiger partial charge in [0, 0.05) is 12.1 Å². The molecule has 0 radical (unpaired) electrons. The van der Waals surface area contributed by atoms with E-state index < -0.39 is 0 Å². The summed E-state index contributed by atoms with van der Waals surface area (Å²) in [4.78, 5) is 14.9. The average Bonchev–Trinajstić information content (AvgIpc) is 2.59. The van der Waals surface area contributed by atoms with Gasteiger partial charge in [-0.1, -0.05) is 25.7 Å². The normalized spacial score (nSPS) is 23.9. The van der Waals surface area contributed by atoms with Crippen molar-refractivity contribution in [1.82, 2.24) is 10.2 Å². The highest BCUT2D eigenvalue weighted by molar-refractivity contribution is 7.98. The van der Waals surface area contributed by atoms with Crippen LogP contribution in [-0.2, 0) is 4.79 Å². The Labute approximate surface area is 140 Å². The van der Waals surface area contributed by atoms with Crippen molar-refractivity contribution in [1.29, 1.82) is 0 Å². The maximum Gasteiger partial charge on any atom is 0.237 e. The first-order valence-electron chi connectivity index (χ1n) is 8.95. The van der Waals surface area contributed by atoms with Gasteiger partial charge in [0.25, 0.3) is 0 Å². The minimum absolute atomic E-state index is 0.0380. The van der Waals surface area contributed by atoms with E-state index in [1.54, 1.807) is 11.8 Å². The van der Waals surface area contributed by atoms with Gasteiger partial charge in [0.1, 0.15) is 0 Å². The van der Waals surface area contributed by atoms with Crippen LogP contribution in [0.4, 0.5) is 0 Å². The lowest BCUT2D eigenvalue weighted by Gasteiger charge is -2.48. The number of carbonyl (C=O) groups is 1. The van der Waals surface area contributed by atoms with Crippen LogP contribution < -0.4 is 11.1 Å². The van der Waals surface area contributed by atoms with Crippen molar-refractivity contribution in [2.24, 2.45) is 5.73 Å². The highest BCUT2D eigenvalue weighted by Crippen LogP contribution is 2.35. The summed E-state index contributed by atoms with van der Waals surface area (Å²) in [5, 5.41) is 3.18. The molecule has 2 aliphatic rings. The zero-order valence-corrected chi connectivity index (χ0v) is 14.9. The van der Waals surface area contributed by atoms with Crippen molar-refractivity contribution in [3.8, 4) is 0 Å². The van der Waals surface area contributed by atoms with E-state index in [0.29, 0.717) is 0 Å². The third-order valence-electron chi connectivity index (χ3n) is 5.37. The summed E-state index contributed by atoms with van der Waals surface area (Å²) in [6, 6.07) is -0.352. The van der Waals surface area contributed by atoms with Crippen LogP contribution in [0, 0.1) is 0 Å². The fourth-order valence-corrected chi connectivity index (χ4v) is 4.43. The molecule has 0 unspecified atom stereocenters. The quantitative estimate of drug-likeness (QED) is 0.754. The lowest BCUT2D eigenvalue weighted by atomic mass is 9.79. The van der Waals surface area contributed by atoms with Gasteiger partial charge in [0.2, 0.25) is 5.91 Å². The summed E-state index contributed by atoms with van der Waals surface area (Å²) in [5.41, 5.74) is 6.20. The van der Waals surface area contributed by atoms with Gasteiger partial charge >= 0.3 is 0 Å². The predicted molar refractivity (Wildman–Crippen MR) is 95.2 cm³/mol. The molecular weight excluding hydrogens is 294 g/mol. The highest BCUT2D eigenvalue weighted by Gasteiger charge is 2.38. The third kappa shape index (κ3) is 4.87. The van der Waals surface area contributed by atoms with E-state index in [2.05, 4.69) is 16.5 Å². The molecule has 22 heavy (non-hydrogen) atoms. The summed E-state index contributed by atoms with van der Waals surface area (Å²) >= 11 is 1.75. The van der Waals surface area contributed by atoms with Gasteiger partial charge in [-0.05, 0) is 57.2 Å². The molecule has 1 amide bonds. The third-order valence-corrected chi connectivity index (χ3v) is 6.02. The fraction of sp³-hybridized carbons (Fsp3) is 0.941. The second-order valence-corrected chi connectivity index (χ2v) is 7.92. The molecule has 0 spiro atoms. The number of hydrogen-bond donors (Lipinski definition) is 2. The fourth-order valence-electron chi connectivity index (χ4n) is 3.94. The Morgan fingerprint density at radius 2 is 1.82 bits per heavy atom. The maximum atomic E-state index is 12.3. The number of carbonyl (C=O) groups excluding carboxylic acids is 1. The van der Waals surface area contributed by atoms with E-state index in [9.17, 15) is 4.79 Å². The van der Waals surface area contributed by atoms with E-state index in [1.807, 2.05) is 0 Å². The second-order valence-electron chi connectivity index (χ2n) is 6.94. The van der Waals surface area contributed by atoms with Gasteiger partial charge in [0.15, 0.2) is 0 Å². The Hall–Kier alpha value is -0.260. The van der Waals surface area contributed by atoms with Crippen LogP contribution in [0.2, 0.25) is 0 Å². The summed E-state index contributed by atoms with van der Waals surface area (Å²) in [6.07, 6.45) is 13.2. The van der Waals surface area contributed by atoms with E-state index in [0.717, 1.165) is 18.7 Å². The molecule has 1 saturated heterocycles. The van der Waals surface area contributed by atoms with Crippen LogP contribution in [0.1, 0.15) is 57.8 Å². The maximum absolute atomic E-state index is 12.3. The van der Waals surface area contributed by atoms with E-state index in [1.165, 1.54) is 64.5 Å². The van der Waals surface area contributed by atoms with E-state index >= 15 is 0 Å². The Bertz CT molecular complexity index is 339. The molecular formula is C17H33N3OS. The Kier molecular flexibility index (Phi) is 7.51. The Morgan fingerprint density at radius 1 is 1.18 bits per heavy atom. The molecule has 0 bridgehead atoms. The van der Waals surface area contributed by atoms with Gasteiger partial charge in [-0.2, -0.15) is 11.8 Å². The average molecular weight is 328 g/mol. The first-order chi connectivity index (χ1) is 10.7. The lowest BCUT2D eigenvalue weighted by molar-refractivity contribution is -0.123. The SMILES string of the molecule is CSCC[C@H](N)C(=O)NCC1(N2CCCCC2)CCCCC1. The summed E-state index contributed by atoms with van der Waals surface area (Å²) in [7, 11) is 0. The molecule has 1 aliphatic heterocycles. The van der Waals surface area contributed by atoms with Crippen LogP contribution in [0.5, 0.6) is 0 Å². The largest absolute Gasteiger partial charge is 0.353 e. The first-order valence-corrected chi connectivity index (χ1v) is 10.3. The molecule has 1 atom stereocenters. The van der Waals surface area contributed by atoms with Gasteiger partial charge in [-0.3, -0.25) is 9.69 Å². The number of nitrogens with one attached hydrogen (secondary N) is 1. The number of likely N-dealkylation sites (tertiary alicyclic amines) is 1. The predicted octanol–water partition coefficient (Wildman–Crippen LogP) is 2.37. The number of thioether (sulfide) groups is 1. The topological polar surface area (TPSA) is 58.4 Å². The van der Waals surface area contributed by atoms with Crippen molar-refractivity contribution in [2.75, 3.05) is 31.6 Å². The van der Waals surface area contributed by atoms with Crippen LogP contribution in [-0.4, -0.2) is 54.0 Å². The van der Waals surface area contributed by atoms with Crippen molar-refractivity contribution in [2.45, 2.75) is 69.4 Å². The number of nitrogens with two attached hydrogens (primary N) is 1. The van der Waals surface area contributed by atoms with Gasteiger partial charge in [0.05, 0.1) is 6.04 Å². The summed E-state index contributed by atoms with van der Waals surface area (Å²) in [6.45, 7) is 3.20. The van der Waals surface area contributed by atoms with Crippen molar-refractivity contribution in [3.63, 3.8) is 0 Å². The molecule has 5 heteroatoms. The van der Waals surface area contributed by atoms with Crippen molar-refractivity contribution >= 4 is 17.7 Å². The highest BCUT2D eigenvalue weighted by atomic mass is 32.2. The monoisotopic (exact) mass is 327 g/mol. The molecule has 1 aliphatic carbocycles. The zero-order valence-electron chi connectivity index (χ0n) is 14.1. The van der Waals surface area contributed by atoms with E-state index in [-0.39, 0.29) is 17.5 Å². The Balaban J connectivity index is 1.90.